The Morgan fingerprint density at radius 3 is 2.21 bits per heavy atom. The van der Waals surface area contributed by atoms with E-state index in [1.807, 2.05) is 48.5 Å². The minimum atomic E-state index is -0.395. The maximum atomic E-state index is 10.8. The predicted octanol–water partition coefficient (Wildman–Crippen LogP) is 4.58. The Kier molecular flexibility index (Phi) is 3.31. The van der Waals surface area contributed by atoms with E-state index in [0.29, 0.717) is 0 Å². The monoisotopic (exact) mass is 315 g/mol. The van der Waals surface area contributed by atoms with Crippen LogP contribution in [0.15, 0.2) is 79.0 Å². The molecule has 0 aliphatic carbocycles. The van der Waals surface area contributed by atoms with Crippen LogP contribution in [0.4, 0.5) is 5.69 Å². The number of hydrogen-bond donors (Lipinski definition) is 0. The Hall–Kier alpha value is -3.47. The molecule has 0 saturated carbocycles. The second-order valence-electron chi connectivity index (χ2n) is 5.42. The third-order valence-electron chi connectivity index (χ3n) is 3.97. The summed E-state index contributed by atoms with van der Waals surface area (Å²) in [6.07, 6.45) is 1.79. The van der Waals surface area contributed by atoms with Crippen molar-refractivity contribution in [3.63, 3.8) is 0 Å². The molecular formula is C19H13N3O2. The SMILES string of the molecule is O=[N+]([O-])c1ccc(-c2cnc3cccc(-c4ccccc4)n23)cc1. The van der Waals surface area contributed by atoms with Crippen molar-refractivity contribution in [3.8, 4) is 22.5 Å². The second-order valence-corrected chi connectivity index (χ2v) is 5.42. The largest absolute Gasteiger partial charge is 0.292 e. The Balaban J connectivity index is 1.92. The summed E-state index contributed by atoms with van der Waals surface area (Å²) in [6, 6.07) is 22.6. The van der Waals surface area contributed by atoms with E-state index in [1.54, 1.807) is 18.3 Å². The normalized spacial score (nSPS) is 10.8. The molecule has 5 nitrogen and oxygen atoms in total. The summed E-state index contributed by atoms with van der Waals surface area (Å²) in [6.45, 7) is 0. The fraction of sp³-hybridized carbons (Fsp3) is 0. The molecule has 0 amide bonds. The van der Waals surface area contributed by atoms with Crippen LogP contribution in [0.3, 0.4) is 0 Å². The minimum absolute atomic E-state index is 0.0795. The summed E-state index contributed by atoms with van der Waals surface area (Å²) in [5.74, 6) is 0. The van der Waals surface area contributed by atoms with Crippen LogP contribution in [-0.4, -0.2) is 14.3 Å². The smallest absolute Gasteiger partial charge is 0.269 e. The summed E-state index contributed by atoms with van der Waals surface area (Å²) in [5.41, 5.74) is 4.82. The van der Waals surface area contributed by atoms with Gasteiger partial charge in [0.15, 0.2) is 0 Å². The highest BCUT2D eigenvalue weighted by atomic mass is 16.6. The van der Waals surface area contributed by atoms with Crippen LogP contribution in [0.2, 0.25) is 0 Å². The van der Waals surface area contributed by atoms with E-state index in [9.17, 15) is 10.1 Å². The molecule has 2 aromatic carbocycles. The number of nitro benzene ring substituents is 1. The van der Waals surface area contributed by atoms with Crippen molar-refractivity contribution in [2.24, 2.45) is 0 Å². The van der Waals surface area contributed by atoms with Gasteiger partial charge in [-0.05, 0) is 29.8 Å². The zero-order valence-electron chi connectivity index (χ0n) is 12.7. The molecule has 0 fully saturated rings. The molecule has 0 spiro atoms. The van der Waals surface area contributed by atoms with Crippen molar-refractivity contribution < 1.29 is 4.92 Å². The second kappa shape index (κ2) is 5.62. The van der Waals surface area contributed by atoms with Crippen molar-refractivity contribution >= 4 is 11.3 Å². The molecule has 4 aromatic rings. The van der Waals surface area contributed by atoms with Gasteiger partial charge in [0.05, 0.1) is 22.5 Å². The predicted molar refractivity (Wildman–Crippen MR) is 92.7 cm³/mol. The van der Waals surface area contributed by atoms with Gasteiger partial charge in [-0.15, -0.1) is 0 Å². The maximum Gasteiger partial charge on any atom is 0.269 e. The molecule has 4 rings (SSSR count). The third kappa shape index (κ3) is 2.32. The summed E-state index contributed by atoms with van der Waals surface area (Å²) in [4.78, 5) is 14.9. The van der Waals surface area contributed by atoms with Gasteiger partial charge in [0.1, 0.15) is 5.65 Å². The van der Waals surface area contributed by atoms with Crippen molar-refractivity contribution in [1.29, 1.82) is 0 Å². The summed E-state index contributed by atoms with van der Waals surface area (Å²) < 4.78 is 2.07. The fourth-order valence-electron chi connectivity index (χ4n) is 2.83. The van der Waals surface area contributed by atoms with Crippen molar-refractivity contribution in [1.82, 2.24) is 9.38 Å². The Bertz CT molecular complexity index is 1020. The highest BCUT2D eigenvalue weighted by Crippen LogP contribution is 2.28. The Morgan fingerprint density at radius 1 is 0.792 bits per heavy atom. The number of benzene rings is 2. The number of nitro groups is 1. The number of rotatable bonds is 3. The van der Waals surface area contributed by atoms with Gasteiger partial charge in [-0.3, -0.25) is 14.5 Å². The average molecular weight is 315 g/mol. The Morgan fingerprint density at radius 2 is 1.50 bits per heavy atom. The zero-order chi connectivity index (χ0) is 16.5. The number of non-ortho nitro benzene ring substituents is 1. The van der Waals surface area contributed by atoms with Gasteiger partial charge in [-0.2, -0.15) is 0 Å². The summed E-state index contributed by atoms with van der Waals surface area (Å²) in [5, 5.41) is 10.8. The fourth-order valence-corrected chi connectivity index (χ4v) is 2.83. The molecule has 116 valence electrons. The number of pyridine rings is 1. The van der Waals surface area contributed by atoms with Gasteiger partial charge < -0.3 is 0 Å². The quantitative estimate of drug-likeness (QED) is 0.411. The first-order valence-electron chi connectivity index (χ1n) is 7.51. The van der Waals surface area contributed by atoms with E-state index in [2.05, 4.69) is 9.38 Å². The molecule has 0 bridgehead atoms. The minimum Gasteiger partial charge on any atom is -0.292 e. The first-order chi connectivity index (χ1) is 11.7. The van der Waals surface area contributed by atoms with Gasteiger partial charge >= 0.3 is 0 Å². The highest BCUT2D eigenvalue weighted by Gasteiger charge is 2.12. The van der Waals surface area contributed by atoms with Crippen LogP contribution < -0.4 is 0 Å². The lowest BCUT2D eigenvalue weighted by atomic mass is 10.1. The summed E-state index contributed by atoms with van der Waals surface area (Å²) >= 11 is 0. The van der Waals surface area contributed by atoms with Crippen molar-refractivity contribution in [3.05, 3.63) is 89.1 Å². The van der Waals surface area contributed by atoms with Crippen LogP contribution in [0.25, 0.3) is 28.2 Å². The van der Waals surface area contributed by atoms with Crippen LogP contribution in [-0.2, 0) is 0 Å². The average Bonchev–Trinajstić information content (AvgIpc) is 3.06. The van der Waals surface area contributed by atoms with E-state index >= 15 is 0 Å². The molecule has 2 aromatic heterocycles. The molecule has 0 N–H and O–H groups in total. The number of nitrogens with zero attached hydrogens (tertiary/aromatic N) is 3. The van der Waals surface area contributed by atoms with Crippen LogP contribution in [0.1, 0.15) is 0 Å². The van der Waals surface area contributed by atoms with Gasteiger partial charge in [-0.1, -0.05) is 36.4 Å². The van der Waals surface area contributed by atoms with Crippen molar-refractivity contribution in [2.45, 2.75) is 0 Å². The van der Waals surface area contributed by atoms with E-state index in [4.69, 9.17) is 0 Å². The number of hydrogen-bond acceptors (Lipinski definition) is 3. The van der Waals surface area contributed by atoms with Gasteiger partial charge in [0.2, 0.25) is 0 Å². The lowest BCUT2D eigenvalue weighted by Crippen LogP contribution is -1.94. The van der Waals surface area contributed by atoms with E-state index in [1.165, 1.54) is 12.1 Å². The molecule has 2 heterocycles. The third-order valence-corrected chi connectivity index (χ3v) is 3.97. The van der Waals surface area contributed by atoms with Gasteiger partial charge in [0, 0.05) is 17.7 Å². The molecule has 0 aliphatic heterocycles. The number of fused-ring (bicyclic) bond motifs is 1. The Labute approximate surface area is 138 Å². The standard InChI is InChI=1S/C19H13N3O2/c23-22(24)16-11-9-15(10-12-16)18-13-20-19-8-4-7-17(21(18)19)14-5-2-1-3-6-14/h1-13H. The lowest BCUT2D eigenvalue weighted by Gasteiger charge is -2.09. The van der Waals surface area contributed by atoms with E-state index in [0.717, 1.165) is 28.2 Å². The van der Waals surface area contributed by atoms with E-state index < -0.39 is 4.92 Å². The molecule has 0 radical (unpaired) electrons. The molecule has 0 saturated heterocycles. The topological polar surface area (TPSA) is 60.4 Å². The molecule has 0 aliphatic rings. The number of aromatic nitrogens is 2. The van der Waals surface area contributed by atoms with Crippen LogP contribution in [0.5, 0.6) is 0 Å². The molecular weight excluding hydrogens is 302 g/mol. The van der Waals surface area contributed by atoms with Crippen molar-refractivity contribution in [2.75, 3.05) is 0 Å². The maximum absolute atomic E-state index is 10.8. The van der Waals surface area contributed by atoms with Crippen LogP contribution in [0, 0.1) is 10.1 Å². The summed E-state index contributed by atoms with van der Waals surface area (Å²) in [7, 11) is 0. The highest BCUT2D eigenvalue weighted by molar-refractivity contribution is 5.72. The van der Waals surface area contributed by atoms with E-state index in [-0.39, 0.29) is 5.69 Å². The number of imidazole rings is 1. The molecule has 5 heteroatoms. The molecule has 24 heavy (non-hydrogen) atoms. The molecule has 0 unspecified atom stereocenters. The first-order valence-corrected chi connectivity index (χ1v) is 7.51. The van der Waals surface area contributed by atoms with Gasteiger partial charge in [-0.25, -0.2) is 4.98 Å². The molecule has 0 atom stereocenters. The zero-order valence-corrected chi connectivity index (χ0v) is 12.7. The van der Waals surface area contributed by atoms with Crippen LogP contribution >= 0.6 is 0 Å². The first kappa shape index (κ1) is 14.1. The lowest BCUT2D eigenvalue weighted by molar-refractivity contribution is -0.384. The van der Waals surface area contributed by atoms with Gasteiger partial charge in [0.25, 0.3) is 5.69 Å².